The molecule has 0 aliphatic rings. The normalized spacial score (nSPS) is 13.2. The Morgan fingerprint density at radius 3 is 2.64 bits per heavy atom. The van der Waals surface area contributed by atoms with Crippen LogP contribution in [0.2, 0.25) is 0 Å². The second-order valence-corrected chi connectivity index (χ2v) is 4.52. The summed E-state index contributed by atoms with van der Waals surface area (Å²) in [4.78, 5) is 3.97. The first-order valence-corrected chi connectivity index (χ1v) is 5.26. The Bertz CT molecular complexity index is 271. The monoisotopic (exact) mass is 215 g/mol. The van der Waals surface area contributed by atoms with Crippen LogP contribution >= 0.6 is 11.6 Å². The van der Waals surface area contributed by atoms with Crippen molar-refractivity contribution in [3.05, 3.63) is 29.8 Å². The average molecular weight is 216 g/mol. The fraction of sp³-hybridized carbons (Fsp3) is 0.545. The van der Waals surface area contributed by atoms with Gasteiger partial charge in [0, 0.05) is 17.5 Å². The lowest BCUT2D eigenvalue weighted by Crippen LogP contribution is -2.08. The second-order valence-electron chi connectivity index (χ2n) is 3.90. The van der Waals surface area contributed by atoms with Crippen molar-refractivity contribution in [3.63, 3.8) is 0 Å². The number of halogens is 2. The van der Waals surface area contributed by atoms with Crippen molar-refractivity contribution < 1.29 is 4.39 Å². The van der Waals surface area contributed by atoms with Gasteiger partial charge in [-0.15, -0.1) is 11.6 Å². The molecule has 1 heterocycles. The maximum absolute atomic E-state index is 12.5. The van der Waals surface area contributed by atoms with Crippen LogP contribution in [0.5, 0.6) is 0 Å². The van der Waals surface area contributed by atoms with E-state index in [1.54, 1.807) is 6.07 Å². The van der Waals surface area contributed by atoms with Crippen molar-refractivity contribution in [2.75, 3.05) is 0 Å². The van der Waals surface area contributed by atoms with Gasteiger partial charge < -0.3 is 0 Å². The predicted molar refractivity (Wildman–Crippen MR) is 57.0 cm³/mol. The third kappa shape index (κ3) is 4.05. The summed E-state index contributed by atoms with van der Waals surface area (Å²) in [6, 6.07) is 3.10. The van der Waals surface area contributed by atoms with Crippen molar-refractivity contribution in [2.24, 2.45) is 5.92 Å². The summed E-state index contributed by atoms with van der Waals surface area (Å²) in [7, 11) is 0. The number of hydrogen-bond donors (Lipinski definition) is 0. The van der Waals surface area contributed by atoms with Crippen LogP contribution < -0.4 is 0 Å². The van der Waals surface area contributed by atoms with Gasteiger partial charge in [0.05, 0.1) is 6.20 Å². The molecule has 0 aliphatic heterocycles. The van der Waals surface area contributed by atoms with Gasteiger partial charge in [0.25, 0.3) is 0 Å². The number of hydrogen-bond acceptors (Lipinski definition) is 1. The molecule has 78 valence electrons. The molecular formula is C11H15ClFN. The molecule has 0 fully saturated rings. The minimum atomic E-state index is -0.302. The molecule has 1 unspecified atom stereocenters. The zero-order valence-electron chi connectivity index (χ0n) is 8.50. The zero-order valence-corrected chi connectivity index (χ0v) is 9.26. The molecule has 0 radical (unpaired) electrons. The summed E-state index contributed by atoms with van der Waals surface area (Å²) in [6.45, 7) is 4.26. The summed E-state index contributed by atoms with van der Waals surface area (Å²) in [5.74, 6) is 0.279. The Kier molecular flexibility index (Phi) is 4.33. The van der Waals surface area contributed by atoms with Crippen LogP contribution in [0.25, 0.3) is 0 Å². The van der Waals surface area contributed by atoms with Gasteiger partial charge in [-0.2, -0.15) is 0 Å². The lowest BCUT2D eigenvalue weighted by molar-refractivity contribution is 0.557. The van der Waals surface area contributed by atoms with E-state index in [2.05, 4.69) is 18.8 Å². The Hall–Kier alpha value is -0.630. The van der Waals surface area contributed by atoms with Gasteiger partial charge in [0.2, 0.25) is 0 Å². The lowest BCUT2D eigenvalue weighted by Gasteiger charge is -2.10. The van der Waals surface area contributed by atoms with Crippen molar-refractivity contribution in [1.29, 1.82) is 0 Å². The van der Waals surface area contributed by atoms with E-state index < -0.39 is 0 Å². The maximum atomic E-state index is 12.5. The van der Waals surface area contributed by atoms with Gasteiger partial charge in [-0.3, -0.25) is 4.98 Å². The average Bonchev–Trinajstić information content (AvgIpc) is 2.07. The molecule has 0 aliphatic carbocycles. The highest BCUT2D eigenvalue weighted by atomic mass is 35.5. The van der Waals surface area contributed by atoms with Gasteiger partial charge in [-0.25, -0.2) is 4.39 Å². The first-order valence-electron chi connectivity index (χ1n) is 4.82. The Balaban J connectivity index is 2.47. The first-order chi connectivity index (χ1) is 6.58. The van der Waals surface area contributed by atoms with E-state index in [1.807, 2.05) is 0 Å². The van der Waals surface area contributed by atoms with Crippen LogP contribution in [0, 0.1) is 11.7 Å². The molecule has 0 saturated heterocycles. The van der Waals surface area contributed by atoms with Gasteiger partial charge in [-0.1, -0.05) is 13.8 Å². The fourth-order valence-corrected chi connectivity index (χ4v) is 1.86. The summed E-state index contributed by atoms with van der Waals surface area (Å²) >= 11 is 6.12. The summed E-state index contributed by atoms with van der Waals surface area (Å²) < 4.78 is 12.5. The molecule has 3 heteroatoms. The van der Waals surface area contributed by atoms with Crippen molar-refractivity contribution >= 4 is 11.6 Å². The van der Waals surface area contributed by atoms with Crippen LogP contribution in [-0.4, -0.2) is 10.4 Å². The molecule has 1 rings (SSSR count). The molecule has 14 heavy (non-hydrogen) atoms. The molecule has 0 saturated carbocycles. The molecule has 0 bridgehead atoms. The maximum Gasteiger partial charge on any atom is 0.141 e. The number of rotatable bonds is 4. The van der Waals surface area contributed by atoms with Crippen LogP contribution in [-0.2, 0) is 6.42 Å². The Morgan fingerprint density at radius 2 is 2.14 bits per heavy atom. The number of nitrogens with zero attached hydrogens (tertiary/aromatic N) is 1. The number of alkyl halides is 1. The smallest absolute Gasteiger partial charge is 0.141 e. The third-order valence-corrected chi connectivity index (χ3v) is 2.28. The molecule has 1 atom stereocenters. The highest BCUT2D eigenvalue weighted by molar-refractivity contribution is 6.20. The largest absolute Gasteiger partial charge is 0.258 e. The van der Waals surface area contributed by atoms with Crippen LogP contribution in [0.15, 0.2) is 18.3 Å². The topological polar surface area (TPSA) is 12.9 Å². The van der Waals surface area contributed by atoms with Crippen molar-refractivity contribution in [3.8, 4) is 0 Å². The second kappa shape index (κ2) is 5.30. The summed E-state index contributed by atoms with van der Waals surface area (Å²) in [6.07, 6.45) is 2.90. The molecular weight excluding hydrogens is 201 g/mol. The quantitative estimate of drug-likeness (QED) is 0.702. The van der Waals surface area contributed by atoms with E-state index in [9.17, 15) is 4.39 Å². The zero-order chi connectivity index (χ0) is 10.6. The van der Waals surface area contributed by atoms with Gasteiger partial charge in [0.1, 0.15) is 5.82 Å². The van der Waals surface area contributed by atoms with E-state index in [-0.39, 0.29) is 11.2 Å². The lowest BCUT2D eigenvalue weighted by atomic mass is 10.0. The van der Waals surface area contributed by atoms with E-state index in [0.29, 0.717) is 12.3 Å². The molecule has 1 aromatic rings. The molecule has 1 aromatic heterocycles. The molecule has 0 aromatic carbocycles. The third-order valence-electron chi connectivity index (χ3n) is 1.95. The highest BCUT2D eigenvalue weighted by Gasteiger charge is 2.08. The van der Waals surface area contributed by atoms with E-state index >= 15 is 0 Å². The first kappa shape index (κ1) is 11.4. The van der Waals surface area contributed by atoms with E-state index in [4.69, 9.17) is 11.6 Å². The molecule has 1 nitrogen and oxygen atoms in total. The van der Waals surface area contributed by atoms with Crippen LogP contribution in [0.1, 0.15) is 26.0 Å². The highest BCUT2D eigenvalue weighted by Crippen LogP contribution is 2.15. The van der Waals surface area contributed by atoms with Crippen molar-refractivity contribution in [1.82, 2.24) is 4.98 Å². The van der Waals surface area contributed by atoms with Crippen molar-refractivity contribution in [2.45, 2.75) is 32.1 Å². The van der Waals surface area contributed by atoms with Gasteiger partial charge in [-0.05, 0) is 24.5 Å². The predicted octanol–water partition coefficient (Wildman–Crippen LogP) is 3.42. The van der Waals surface area contributed by atoms with E-state index in [0.717, 1.165) is 12.1 Å². The fourth-order valence-electron chi connectivity index (χ4n) is 1.35. The Labute approximate surface area is 89.3 Å². The number of pyridine rings is 1. The Morgan fingerprint density at radius 1 is 1.43 bits per heavy atom. The summed E-state index contributed by atoms with van der Waals surface area (Å²) in [5, 5.41) is 0.0907. The van der Waals surface area contributed by atoms with Gasteiger partial charge in [0.15, 0.2) is 0 Å². The van der Waals surface area contributed by atoms with Gasteiger partial charge >= 0.3 is 0 Å². The minimum absolute atomic E-state index is 0.0907. The van der Waals surface area contributed by atoms with Crippen LogP contribution in [0.3, 0.4) is 0 Å². The number of aromatic nitrogens is 1. The minimum Gasteiger partial charge on any atom is -0.258 e. The molecule has 0 amide bonds. The van der Waals surface area contributed by atoms with E-state index in [1.165, 1.54) is 12.3 Å². The van der Waals surface area contributed by atoms with Crippen LogP contribution in [0.4, 0.5) is 4.39 Å². The molecule has 0 N–H and O–H groups in total. The SMILES string of the molecule is CC(C)CC(Cl)Cc1ccc(F)cn1. The standard InChI is InChI=1S/C11H15ClFN/c1-8(2)5-9(12)6-11-4-3-10(13)7-14-11/h3-4,7-9H,5-6H2,1-2H3. The molecule has 0 spiro atoms. The summed E-state index contributed by atoms with van der Waals surface area (Å²) in [5.41, 5.74) is 0.854.